The van der Waals surface area contributed by atoms with E-state index in [2.05, 4.69) is 0 Å². The largest absolute Gasteiger partial charge is 0.441 e. The number of ether oxygens (including phenoxy) is 1. The SMILES string of the molecule is CN1CC2(CCCN(S(=O)(=O)N(C)Cc3ccccc3)CC2)OC1=O. The Bertz CT molecular complexity index is 725. The minimum absolute atomic E-state index is 0.322. The highest BCUT2D eigenvalue weighted by atomic mass is 32.2. The molecule has 1 unspecified atom stereocenters. The van der Waals surface area contributed by atoms with Crippen molar-refractivity contribution in [2.75, 3.05) is 33.7 Å². The van der Waals surface area contributed by atoms with Crippen LogP contribution in [0.15, 0.2) is 30.3 Å². The zero-order valence-electron chi connectivity index (χ0n) is 14.7. The van der Waals surface area contributed by atoms with E-state index in [9.17, 15) is 13.2 Å². The van der Waals surface area contributed by atoms with Crippen molar-refractivity contribution in [1.82, 2.24) is 13.5 Å². The molecule has 2 heterocycles. The molecule has 1 atom stereocenters. The van der Waals surface area contributed by atoms with E-state index >= 15 is 0 Å². The van der Waals surface area contributed by atoms with E-state index in [1.54, 1.807) is 19.0 Å². The van der Waals surface area contributed by atoms with Gasteiger partial charge in [-0.3, -0.25) is 0 Å². The molecule has 3 rings (SSSR count). The van der Waals surface area contributed by atoms with Crippen LogP contribution in [-0.2, 0) is 21.5 Å². The van der Waals surface area contributed by atoms with Gasteiger partial charge in [0.1, 0.15) is 5.60 Å². The Labute approximate surface area is 149 Å². The van der Waals surface area contributed by atoms with E-state index in [0.717, 1.165) is 5.56 Å². The summed E-state index contributed by atoms with van der Waals surface area (Å²) in [5, 5.41) is 0. The molecule has 0 aromatic heterocycles. The van der Waals surface area contributed by atoms with Gasteiger partial charge in [-0.15, -0.1) is 0 Å². The van der Waals surface area contributed by atoms with E-state index in [1.807, 2.05) is 30.3 Å². The number of rotatable bonds is 4. The maximum atomic E-state index is 12.9. The van der Waals surface area contributed by atoms with Crippen molar-refractivity contribution in [2.24, 2.45) is 0 Å². The minimum atomic E-state index is -3.54. The standard InChI is InChI=1S/C17H25N3O4S/c1-18-14-17(24-16(18)21)9-6-11-20(12-10-17)25(22,23)19(2)13-15-7-4-3-5-8-15/h3-5,7-8H,6,9-14H2,1-2H3. The average molecular weight is 367 g/mol. The highest BCUT2D eigenvalue weighted by Gasteiger charge is 2.45. The van der Waals surface area contributed by atoms with Crippen molar-refractivity contribution in [3.63, 3.8) is 0 Å². The lowest BCUT2D eigenvalue weighted by atomic mass is 9.95. The fourth-order valence-electron chi connectivity index (χ4n) is 3.55. The quantitative estimate of drug-likeness (QED) is 0.812. The third kappa shape index (κ3) is 3.80. The number of benzene rings is 1. The Morgan fingerprint density at radius 3 is 2.56 bits per heavy atom. The predicted octanol–water partition coefficient (Wildman–Crippen LogP) is 1.67. The molecule has 8 heteroatoms. The molecule has 0 bridgehead atoms. The summed E-state index contributed by atoms with van der Waals surface area (Å²) < 4.78 is 34.3. The highest BCUT2D eigenvalue weighted by molar-refractivity contribution is 7.86. The summed E-state index contributed by atoms with van der Waals surface area (Å²) in [6, 6.07) is 9.54. The molecule has 1 amide bonds. The molecule has 0 aliphatic carbocycles. The van der Waals surface area contributed by atoms with Gasteiger partial charge in [0.25, 0.3) is 10.2 Å². The third-order valence-corrected chi connectivity index (χ3v) is 6.90. The summed E-state index contributed by atoms with van der Waals surface area (Å²) in [4.78, 5) is 13.3. The summed E-state index contributed by atoms with van der Waals surface area (Å²) in [6.07, 6.45) is 1.58. The van der Waals surface area contributed by atoms with Crippen LogP contribution in [0.5, 0.6) is 0 Å². The number of carbonyl (C=O) groups is 1. The molecule has 0 radical (unpaired) electrons. The van der Waals surface area contributed by atoms with Gasteiger partial charge >= 0.3 is 6.09 Å². The van der Waals surface area contributed by atoms with Gasteiger partial charge in [-0.1, -0.05) is 30.3 Å². The molecule has 1 aromatic carbocycles. The fourth-order valence-corrected chi connectivity index (χ4v) is 4.93. The first-order valence-corrected chi connectivity index (χ1v) is 9.92. The fraction of sp³-hybridized carbons (Fsp3) is 0.588. The Hall–Kier alpha value is -1.64. The van der Waals surface area contributed by atoms with Crippen molar-refractivity contribution in [1.29, 1.82) is 0 Å². The van der Waals surface area contributed by atoms with Crippen molar-refractivity contribution < 1.29 is 17.9 Å². The van der Waals surface area contributed by atoms with Crippen LogP contribution in [0.2, 0.25) is 0 Å². The normalized spacial score (nSPS) is 25.4. The molecular formula is C17H25N3O4S. The molecule has 2 saturated heterocycles. The first-order valence-electron chi connectivity index (χ1n) is 8.52. The van der Waals surface area contributed by atoms with Gasteiger partial charge in [0.2, 0.25) is 0 Å². The van der Waals surface area contributed by atoms with E-state index in [4.69, 9.17) is 4.74 Å². The van der Waals surface area contributed by atoms with Crippen LogP contribution in [0, 0.1) is 0 Å². The average Bonchev–Trinajstić information content (AvgIpc) is 2.73. The molecule has 0 saturated carbocycles. The Kier molecular flexibility index (Phi) is 5.04. The van der Waals surface area contributed by atoms with Crippen LogP contribution >= 0.6 is 0 Å². The van der Waals surface area contributed by atoms with Gasteiger partial charge in [-0.05, 0) is 18.4 Å². The Balaban J connectivity index is 1.68. The van der Waals surface area contributed by atoms with Crippen molar-refractivity contribution >= 4 is 16.3 Å². The Morgan fingerprint density at radius 2 is 1.92 bits per heavy atom. The van der Waals surface area contributed by atoms with Crippen molar-refractivity contribution in [2.45, 2.75) is 31.4 Å². The number of hydrogen-bond acceptors (Lipinski definition) is 4. The van der Waals surface area contributed by atoms with Gasteiger partial charge in [-0.2, -0.15) is 17.0 Å². The number of hydrogen-bond donors (Lipinski definition) is 0. The first kappa shape index (κ1) is 18.2. The van der Waals surface area contributed by atoms with Crippen molar-refractivity contribution in [3.8, 4) is 0 Å². The van der Waals surface area contributed by atoms with Crippen LogP contribution in [0.25, 0.3) is 0 Å². The van der Waals surface area contributed by atoms with Crippen LogP contribution < -0.4 is 0 Å². The third-order valence-electron chi connectivity index (χ3n) is 4.97. The zero-order chi connectivity index (χ0) is 18.1. The second-order valence-corrected chi connectivity index (χ2v) is 8.94. The highest BCUT2D eigenvalue weighted by Crippen LogP contribution is 2.33. The lowest BCUT2D eigenvalue weighted by Gasteiger charge is -2.27. The second-order valence-electron chi connectivity index (χ2n) is 6.91. The van der Waals surface area contributed by atoms with Gasteiger partial charge in [0.05, 0.1) is 6.54 Å². The first-order chi connectivity index (χ1) is 11.8. The molecule has 1 aromatic rings. The van der Waals surface area contributed by atoms with Crippen LogP contribution in [0.4, 0.5) is 4.79 Å². The summed E-state index contributed by atoms with van der Waals surface area (Å²) in [6.45, 7) is 1.68. The molecule has 1 spiro atoms. The van der Waals surface area contributed by atoms with E-state index in [0.29, 0.717) is 45.4 Å². The van der Waals surface area contributed by atoms with Crippen LogP contribution in [0.1, 0.15) is 24.8 Å². The number of nitrogens with zero attached hydrogens (tertiary/aromatic N) is 3. The zero-order valence-corrected chi connectivity index (χ0v) is 15.5. The smallest absolute Gasteiger partial charge is 0.410 e. The molecular weight excluding hydrogens is 342 g/mol. The van der Waals surface area contributed by atoms with Gasteiger partial charge in [0, 0.05) is 40.2 Å². The molecule has 2 aliphatic rings. The maximum Gasteiger partial charge on any atom is 0.410 e. The van der Waals surface area contributed by atoms with Gasteiger partial charge < -0.3 is 9.64 Å². The predicted molar refractivity (Wildman–Crippen MR) is 94.1 cm³/mol. The maximum absolute atomic E-state index is 12.9. The lowest BCUT2D eigenvalue weighted by molar-refractivity contribution is 0.0459. The van der Waals surface area contributed by atoms with Gasteiger partial charge in [0.15, 0.2) is 0 Å². The van der Waals surface area contributed by atoms with E-state index in [1.165, 1.54) is 8.61 Å². The summed E-state index contributed by atoms with van der Waals surface area (Å²) in [5.41, 5.74) is 0.403. The molecule has 2 fully saturated rings. The number of carbonyl (C=O) groups excluding carboxylic acids is 1. The summed E-state index contributed by atoms with van der Waals surface area (Å²) >= 11 is 0. The molecule has 138 valence electrons. The van der Waals surface area contributed by atoms with Gasteiger partial charge in [-0.25, -0.2) is 4.79 Å². The summed E-state index contributed by atoms with van der Waals surface area (Å²) in [5.74, 6) is 0. The van der Waals surface area contributed by atoms with Crippen LogP contribution in [-0.4, -0.2) is 67.4 Å². The number of amides is 1. The minimum Gasteiger partial charge on any atom is -0.441 e. The molecule has 2 aliphatic heterocycles. The van der Waals surface area contributed by atoms with E-state index < -0.39 is 15.8 Å². The molecule has 7 nitrogen and oxygen atoms in total. The summed E-state index contributed by atoms with van der Waals surface area (Å²) in [7, 11) is -0.228. The second kappa shape index (κ2) is 6.93. The van der Waals surface area contributed by atoms with Crippen molar-refractivity contribution in [3.05, 3.63) is 35.9 Å². The molecule has 0 N–H and O–H groups in total. The van der Waals surface area contributed by atoms with E-state index in [-0.39, 0.29) is 6.09 Å². The lowest BCUT2D eigenvalue weighted by Crippen LogP contribution is -2.43. The topological polar surface area (TPSA) is 70.2 Å². The monoisotopic (exact) mass is 367 g/mol. The number of likely N-dealkylation sites (N-methyl/N-ethyl adjacent to an activating group) is 1. The Morgan fingerprint density at radius 1 is 1.20 bits per heavy atom. The van der Waals surface area contributed by atoms with Crippen LogP contribution in [0.3, 0.4) is 0 Å². The molecule has 25 heavy (non-hydrogen) atoms.